The SMILES string of the molecule is CC[O][Al]1[O]c2ccc3ccccc3c2-c2c(ccc3ccccc23)[O]1.[H-].[Li+]. The van der Waals surface area contributed by atoms with Crippen LogP contribution in [0.25, 0.3) is 32.7 Å². The zero-order chi connectivity index (χ0) is 17.5. The molecule has 27 heavy (non-hydrogen) atoms. The van der Waals surface area contributed by atoms with Crippen molar-refractivity contribution < 1.29 is 31.7 Å². The fourth-order valence-electron chi connectivity index (χ4n) is 3.65. The molecule has 0 saturated carbocycles. The standard InChI is InChI=1S/C20H14O2.C2H5O.Al.Li.H/c21-17-11-9-13-5-1-3-7-15(13)19(17)20-16-8-4-2-6-14(16)10-12-18(20)22;1-2-3;;;/h1-12,21-22H;2H2,1H3;;;/q;-1;+3;+1;-1/p-2. The molecular weight excluding hydrogens is 346 g/mol. The Morgan fingerprint density at radius 2 is 1.22 bits per heavy atom. The summed E-state index contributed by atoms with van der Waals surface area (Å²) in [4.78, 5) is 0. The number of benzene rings is 4. The van der Waals surface area contributed by atoms with Crippen LogP contribution in [0.2, 0.25) is 0 Å². The van der Waals surface area contributed by atoms with Gasteiger partial charge in [-0.3, -0.25) is 0 Å². The summed E-state index contributed by atoms with van der Waals surface area (Å²) in [7, 11) is 0. The maximum absolute atomic E-state index is 6.23. The first-order valence-electron chi connectivity index (χ1n) is 8.84. The maximum atomic E-state index is 6.23. The predicted molar refractivity (Wildman–Crippen MR) is 107 cm³/mol. The van der Waals surface area contributed by atoms with Crippen molar-refractivity contribution in [2.75, 3.05) is 6.61 Å². The van der Waals surface area contributed by atoms with Crippen molar-refractivity contribution in [1.29, 1.82) is 0 Å². The molecule has 4 aromatic rings. The molecule has 0 amide bonds. The molecule has 0 bridgehead atoms. The van der Waals surface area contributed by atoms with E-state index in [0.29, 0.717) is 6.61 Å². The van der Waals surface area contributed by atoms with E-state index in [2.05, 4.69) is 60.7 Å². The van der Waals surface area contributed by atoms with Crippen LogP contribution in [0.15, 0.2) is 72.8 Å². The van der Waals surface area contributed by atoms with Crippen LogP contribution in [-0.4, -0.2) is 21.8 Å². The van der Waals surface area contributed by atoms with E-state index < -0.39 is 15.1 Å². The molecular formula is C22H18AlLiO3. The summed E-state index contributed by atoms with van der Waals surface area (Å²) in [6, 6.07) is 25.1. The van der Waals surface area contributed by atoms with Gasteiger partial charge in [-0.2, -0.15) is 0 Å². The molecule has 0 radical (unpaired) electrons. The first-order chi connectivity index (χ1) is 12.8. The topological polar surface area (TPSA) is 27.7 Å². The second-order valence-corrected chi connectivity index (χ2v) is 7.68. The van der Waals surface area contributed by atoms with Crippen LogP contribution in [0.4, 0.5) is 0 Å². The van der Waals surface area contributed by atoms with Gasteiger partial charge in [-0.1, -0.05) is 60.7 Å². The third kappa shape index (κ3) is 3.15. The van der Waals surface area contributed by atoms with Gasteiger partial charge in [0.15, 0.2) is 0 Å². The van der Waals surface area contributed by atoms with E-state index in [0.717, 1.165) is 33.4 Å². The Labute approximate surface area is 176 Å². The van der Waals surface area contributed by atoms with E-state index in [1.807, 2.05) is 19.1 Å². The summed E-state index contributed by atoms with van der Waals surface area (Å²) in [5.41, 5.74) is 2.18. The molecule has 0 spiro atoms. The smallest absolute Gasteiger partial charge is 1.00 e. The maximum Gasteiger partial charge on any atom is 1.10 e. The van der Waals surface area contributed by atoms with Crippen molar-refractivity contribution >= 4 is 36.7 Å². The monoisotopic (exact) mass is 364 g/mol. The number of hydrogen-bond donors (Lipinski definition) is 0. The van der Waals surface area contributed by atoms with Crippen LogP contribution in [-0.2, 0) is 3.79 Å². The van der Waals surface area contributed by atoms with Crippen molar-refractivity contribution in [3.05, 3.63) is 72.8 Å². The van der Waals surface area contributed by atoms with Gasteiger partial charge in [0, 0.05) is 17.7 Å². The molecule has 4 aromatic carbocycles. The fourth-order valence-corrected chi connectivity index (χ4v) is 4.91. The molecule has 5 heteroatoms. The van der Waals surface area contributed by atoms with E-state index >= 15 is 0 Å². The Balaban J connectivity index is 0.00000112. The predicted octanol–water partition coefficient (Wildman–Crippen LogP) is 2.57. The normalized spacial score (nSPS) is 12.4. The van der Waals surface area contributed by atoms with E-state index in [9.17, 15) is 0 Å². The molecule has 1 heterocycles. The Bertz CT molecular complexity index is 1050. The van der Waals surface area contributed by atoms with E-state index in [4.69, 9.17) is 11.4 Å². The molecule has 0 aliphatic carbocycles. The van der Waals surface area contributed by atoms with Gasteiger partial charge in [-0.05, 0) is 40.6 Å². The van der Waals surface area contributed by atoms with Crippen molar-refractivity contribution in [3.63, 3.8) is 0 Å². The van der Waals surface area contributed by atoms with Crippen molar-refractivity contribution in [1.82, 2.24) is 0 Å². The molecule has 1 aliphatic rings. The zero-order valence-corrected chi connectivity index (χ0v) is 16.6. The number of rotatable bonds is 2. The third-order valence-corrected chi connectivity index (χ3v) is 6.28. The van der Waals surface area contributed by atoms with Crippen LogP contribution in [0.3, 0.4) is 0 Å². The van der Waals surface area contributed by atoms with Crippen LogP contribution in [0.1, 0.15) is 8.35 Å². The van der Waals surface area contributed by atoms with Crippen LogP contribution in [0.5, 0.6) is 11.5 Å². The molecule has 0 atom stereocenters. The summed E-state index contributed by atoms with van der Waals surface area (Å²) < 4.78 is 18.3. The second-order valence-electron chi connectivity index (χ2n) is 6.30. The Morgan fingerprint density at radius 1 is 0.741 bits per heavy atom. The van der Waals surface area contributed by atoms with Crippen molar-refractivity contribution in [2.24, 2.45) is 0 Å². The molecule has 0 N–H and O–H groups in total. The van der Waals surface area contributed by atoms with Gasteiger partial charge in [-0.15, -0.1) is 0 Å². The third-order valence-electron chi connectivity index (χ3n) is 4.78. The number of fused-ring (bicyclic) bond motifs is 7. The van der Waals surface area contributed by atoms with Gasteiger partial charge in [0.25, 0.3) is 0 Å². The molecule has 0 aromatic heterocycles. The second kappa shape index (κ2) is 7.61. The van der Waals surface area contributed by atoms with E-state index in [1.54, 1.807) is 0 Å². The minimum atomic E-state index is -2.31. The average molecular weight is 364 g/mol. The van der Waals surface area contributed by atoms with Crippen molar-refractivity contribution in [2.45, 2.75) is 6.92 Å². The van der Waals surface area contributed by atoms with Gasteiger partial charge in [-0.25, -0.2) is 0 Å². The zero-order valence-electron chi connectivity index (χ0n) is 16.4. The minimum absolute atomic E-state index is 0. The van der Waals surface area contributed by atoms with E-state index in [-0.39, 0.29) is 20.3 Å². The van der Waals surface area contributed by atoms with Gasteiger partial charge in [0.1, 0.15) is 0 Å². The van der Waals surface area contributed by atoms with Gasteiger partial charge in [0.2, 0.25) is 0 Å². The molecule has 3 nitrogen and oxygen atoms in total. The minimum Gasteiger partial charge on any atom is -1.00 e. The summed E-state index contributed by atoms with van der Waals surface area (Å²) in [6.45, 7) is 2.54. The fraction of sp³-hybridized carbons (Fsp3) is 0.0909. The Hall–Kier alpha value is -1.91. The first kappa shape index (κ1) is 18.5. The van der Waals surface area contributed by atoms with Gasteiger partial charge in [0.05, 0.1) is 11.5 Å². The van der Waals surface area contributed by atoms with Crippen LogP contribution in [0, 0.1) is 0 Å². The van der Waals surface area contributed by atoms with Gasteiger partial charge >= 0.3 is 34.0 Å². The quantitative estimate of drug-likeness (QED) is 0.512. The molecule has 0 saturated heterocycles. The summed E-state index contributed by atoms with van der Waals surface area (Å²) >= 11 is -2.31. The van der Waals surface area contributed by atoms with Gasteiger partial charge < -0.3 is 12.8 Å². The van der Waals surface area contributed by atoms with E-state index in [1.165, 1.54) is 10.8 Å². The molecule has 1 aliphatic heterocycles. The molecule has 0 unspecified atom stereocenters. The Morgan fingerprint density at radius 3 is 1.70 bits per heavy atom. The summed E-state index contributed by atoms with van der Waals surface area (Å²) in [6.07, 6.45) is 0. The summed E-state index contributed by atoms with van der Waals surface area (Å²) in [5.74, 6) is 1.67. The largest absolute Gasteiger partial charge is 1.10 e. The molecule has 128 valence electrons. The molecule has 0 fully saturated rings. The van der Waals surface area contributed by atoms with Crippen LogP contribution >= 0.6 is 0 Å². The van der Waals surface area contributed by atoms with Crippen LogP contribution < -0.4 is 26.4 Å². The molecule has 5 rings (SSSR count). The Kier molecular flexibility index (Phi) is 5.20. The van der Waals surface area contributed by atoms with Crippen molar-refractivity contribution in [3.8, 4) is 22.6 Å². The summed E-state index contributed by atoms with van der Waals surface area (Å²) in [5, 5.41) is 4.70. The number of hydrogen-bond acceptors (Lipinski definition) is 3. The average Bonchev–Trinajstić information content (AvgIpc) is 2.84. The first-order valence-corrected chi connectivity index (χ1v) is 10.3.